The van der Waals surface area contributed by atoms with Gasteiger partial charge in [0.2, 0.25) is 5.91 Å². The Hall–Kier alpha value is -2.51. The van der Waals surface area contributed by atoms with E-state index >= 15 is 0 Å². The number of fused-ring (bicyclic) bond motifs is 1. The van der Waals surface area contributed by atoms with Crippen LogP contribution in [0.25, 0.3) is 0 Å². The molecule has 0 bridgehead atoms. The largest absolute Gasteiger partial charge is 0.452 e. The number of halogens is 1. The highest BCUT2D eigenvalue weighted by Gasteiger charge is 2.30. The molecule has 0 aliphatic carbocycles. The van der Waals surface area contributed by atoms with Gasteiger partial charge in [0.15, 0.2) is 6.61 Å². The van der Waals surface area contributed by atoms with E-state index in [9.17, 15) is 14.4 Å². The van der Waals surface area contributed by atoms with Crippen molar-refractivity contribution in [3.05, 3.63) is 53.1 Å². The van der Waals surface area contributed by atoms with E-state index < -0.39 is 18.5 Å². The molecule has 2 aromatic rings. The Kier molecular flexibility index (Phi) is 6.26. The summed E-state index contributed by atoms with van der Waals surface area (Å²) in [5, 5.41) is 3.05. The topological polar surface area (TPSA) is 75.7 Å². The number of hydrogen-bond donors (Lipinski definition) is 1. The van der Waals surface area contributed by atoms with E-state index in [1.165, 1.54) is 16.7 Å². The Labute approximate surface area is 172 Å². The molecule has 2 aromatic carbocycles. The SMILES string of the molecule is CSc1ccc(Cl)c(C(=O)OCC(=O)N2c3ccccc3NC(=O)C[C@@H]2C)c1. The molecule has 28 heavy (non-hydrogen) atoms. The molecule has 2 amide bonds. The van der Waals surface area contributed by atoms with Crippen molar-refractivity contribution in [2.75, 3.05) is 23.1 Å². The molecule has 1 aliphatic rings. The van der Waals surface area contributed by atoms with Gasteiger partial charge in [-0.1, -0.05) is 23.7 Å². The number of hydrogen-bond acceptors (Lipinski definition) is 5. The van der Waals surface area contributed by atoms with Gasteiger partial charge in [-0.15, -0.1) is 11.8 Å². The zero-order valence-corrected chi connectivity index (χ0v) is 17.0. The van der Waals surface area contributed by atoms with Crippen molar-refractivity contribution in [3.8, 4) is 0 Å². The predicted octanol–water partition coefficient (Wildman–Crippen LogP) is 3.98. The maximum Gasteiger partial charge on any atom is 0.340 e. The molecule has 3 rings (SSSR count). The van der Waals surface area contributed by atoms with Gasteiger partial charge in [0.05, 0.1) is 22.0 Å². The molecule has 0 unspecified atom stereocenters. The van der Waals surface area contributed by atoms with Gasteiger partial charge in [-0.25, -0.2) is 4.79 Å². The van der Waals surface area contributed by atoms with Gasteiger partial charge >= 0.3 is 5.97 Å². The minimum atomic E-state index is -0.667. The third kappa shape index (κ3) is 4.31. The van der Waals surface area contributed by atoms with Crippen molar-refractivity contribution < 1.29 is 19.1 Å². The minimum absolute atomic E-state index is 0.149. The summed E-state index contributed by atoms with van der Waals surface area (Å²) in [7, 11) is 0. The Balaban J connectivity index is 1.77. The quantitative estimate of drug-likeness (QED) is 0.600. The van der Waals surface area contributed by atoms with Gasteiger partial charge in [0, 0.05) is 17.4 Å². The molecule has 0 radical (unpaired) electrons. The fourth-order valence-electron chi connectivity index (χ4n) is 3.03. The van der Waals surface area contributed by atoms with Crippen LogP contribution in [0, 0.1) is 0 Å². The van der Waals surface area contributed by atoms with Crippen LogP contribution < -0.4 is 10.2 Å². The van der Waals surface area contributed by atoms with E-state index in [-0.39, 0.29) is 29.0 Å². The summed E-state index contributed by atoms with van der Waals surface area (Å²) >= 11 is 7.56. The number of carbonyl (C=O) groups excluding carboxylic acids is 3. The Morgan fingerprint density at radius 1 is 1.29 bits per heavy atom. The van der Waals surface area contributed by atoms with Crippen LogP contribution in [-0.2, 0) is 14.3 Å². The molecule has 6 nitrogen and oxygen atoms in total. The normalized spacial score (nSPS) is 16.0. The third-order valence-corrected chi connectivity index (χ3v) is 5.40. The van der Waals surface area contributed by atoms with E-state index in [2.05, 4.69) is 5.32 Å². The molecule has 0 fully saturated rings. The fourth-order valence-corrected chi connectivity index (χ4v) is 3.66. The lowest BCUT2D eigenvalue weighted by Crippen LogP contribution is -2.41. The number of nitrogens with zero attached hydrogens (tertiary/aromatic N) is 1. The number of para-hydroxylation sites is 2. The zero-order chi connectivity index (χ0) is 20.3. The van der Waals surface area contributed by atoms with E-state index in [1.54, 1.807) is 49.4 Å². The highest BCUT2D eigenvalue weighted by Crippen LogP contribution is 2.31. The van der Waals surface area contributed by atoms with E-state index in [1.807, 2.05) is 6.26 Å². The summed E-state index contributed by atoms with van der Waals surface area (Å²) in [6.07, 6.45) is 2.03. The molecule has 1 atom stereocenters. The average Bonchev–Trinajstić information content (AvgIpc) is 2.80. The summed E-state index contributed by atoms with van der Waals surface area (Å²) in [6, 6.07) is 11.7. The number of thioether (sulfide) groups is 1. The van der Waals surface area contributed by atoms with Crippen molar-refractivity contribution in [2.45, 2.75) is 24.3 Å². The molecular weight excluding hydrogens is 400 g/mol. The zero-order valence-electron chi connectivity index (χ0n) is 15.4. The predicted molar refractivity (Wildman–Crippen MR) is 110 cm³/mol. The molecule has 0 spiro atoms. The van der Waals surface area contributed by atoms with Gasteiger partial charge in [-0.2, -0.15) is 0 Å². The summed E-state index contributed by atoms with van der Waals surface area (Å²) in [6.45, 7) is 1.33. The maximum atomic E-state index is 12.8. The molecule has 146 valence electrons. The number of nitrogens with one attached hydrogen (secondary N) is 1. The first-order valence-corrected chi connectivity index (χ1v) is 10.2. The van der Waals surface area contributed by atoms with Crippen molar-refractivity contribution in [2.24, 2.45) is 0 Å². The molecular formula is C20H19ClN2O4S. The van der Waals surface area contributed by atoms with Crippen LogP contribution in [0.5, 0.6) is 0 Å². The molecule has 0 saturated heterocycles. The maximum absolute atomic E-state index is 12.8. The first-order chi connectivity index (χ1) is 13.4. The lowest BCUT2D eigenvalue weighted by molar-refractivity contribution is -0.122. The second-order valence-electron chi connectivity index (χ2n) is 6.30. The van der Waals surface area contributed by atoms with Crippen LogP contribution in [0.4, 0.5) is 11.4 Å². The molecule has 1 N–H and O–H groups in total. The van der Waals surface area contributed by atoms with Crippen LogP contribution in [0.2, 0.25) is 5.02 Å². The fraction of sp³-hybridized carbons (Fsp3) is 0.250. The smallest absolute Gasteiger partial charge is 0.340 e. The van der Waals surface area contributed by atoms with Crippen molar-refractivity contribution >= 4 is 52.5 Å². The number of amides is 2. The molecule has 1 heterocycles. The van der Waals surface area contributed by atoms with Crippen molar-refractivity contribution in [1.82, 2.24) is 0 Å². The summed E-state index contributed by atoms with van der Waals surface area (Å²) in [5.74, 6) is -1.26. The summed E-state index contributed by atoms with van der Waals surface area (Å²) in [5.41, 5.74) is 1.33. The number of carbonyl (C=O) groups is 3. The molecule has 0 aromatic heterocycles. The standard InChI is InChI=1S/C20H19ClN2O4S/c1-12-9-18(24)22-16-5-3-4-6-17(16)23(12)19(25)11-27-20(26)14-10-13(28-2)7-8-15(14)21/h3-8,10,12H,9,11H2,1-2H3,(H,22,24)/t12-/m0/s1. The Morgan fingerprint density at radius 3 is 2.79 bits per heavy atom. The molecule has 8 heteroatoms. The van der Waals surface area contributed by atoms with Crippen LogP contribution in [-0.4, -0.2) is 36.7 Å². The van der Waals surface area contributed by atoms with Crippen LogP contribution in [0.15, 0.2) is 47.4 Å². The third-order valence-electron chi connectivity index (χ3n) is 4.35. The second kappa shape index (κ2) is 8.67. The van der Waals surface area contributed by atoms with Crippen molar-refractivity contribution in [3.63, 3.8) is 0 Å². The van der Waals surface area contributed by atoms with Gasteiger partial charge in [0.1, 0.15) is 0 Å². The summed E-state index contributed by atoms with van der Waals surface area (Å²) < 4.78 is 5.23. The van der Waals surface area contributed by atoms with Gasteiger partial charge < -0.3 is 15.0 Å². The Bertz CT molecular complexity index is 934. The monoisotopic (exact) mass is 418 g/mol. The minimum Gasteiger partial charge on any atom is -0.452 e. The first kappa shape index (κ1) is 20.2. The number of ether oxygens (including phenoxy) is 1. The first-order valence-electron chi connectivity index (χ1n) is 8.62. The van der Waals surface area contributed by atoms with Gasteiger partial charge in [-0.05, 0) is 43.5 Å². The lowest BCUT2D eigenvalue weighted by Gasteiger charge is -2.27. The summed E-state index contributed by atoms with van der Waals surface area (Å²) in [4.78, 5) is 39.6. The van der Waals surface area contributed by atoms with E-state index in [0.29, 0.717) is 11.4 Å². The number of benzene rings is 2. The number of esters is 1. The van der Waals surface area contributed by atoms with Crippen LogP contribution in [0.1, 0.15) is 23.7 Å². The van der Waals surface area contributed by atoms with Crippen LogP contribution >= 0.6 is 23.4 Å². The molecule has 0 saturated carbocycles. The highest BCUT2D eigenvalue weighted by molar-refractivity contribution is 7.98. The highest BCUT2D eigenvalue weighted by atomic mass is 35.5. The van der Waals surface area contributed by atoms with Gasteiger partial charge in [0.25, 0.3) is 5.91 Å². The number of anilines is 2. The Morgan fingerprint density at radius 2 is 2.04 bits per heavy atom. The average molecular weight is 419 g/mol. The van der Waals surface area contributed by atoms with E-state index in [0.717, 1.165) is 4.90 Å². The second-order valence-corrected chi connectivity index (χ2v) is 7.59. The lowest BCUT2D eigenvalue weighted by atomic mass is 10.1. The van der Waals surface area contributed by atoms with E-state index in [4.69, 9.17) is 16.3 Å². The van der Waals surface area contributed by atoms with Crippen LogP contribution in [0.3, 0.4) is 0 Å². The van der Waals surface area contributed by atoms with Gasteiger partial charge in [-0.3, -0.25) is 9.59 Å². The number of rotatable bonds is 4. The molecule has 1 aliphatic heterocycles. The van der Waals surface area contributed by atoms with Crippen molar-refractivity contribution in [1.29, 1.82) is 0 Å².